The van der Waals surface area contributed by atoms with Crippen LogP contribution >= 0.6 is 0 Å². The van der Waals surface area contributed by atoms with Crippen LogP contribution in [0.15, 0.2) is 18.3 Å². The molecule has 5 nitrogen and oxygen atoms in total. The highest BCUT2D eigenvalue weighted by atomic mass is 16.2. The van der Waals surface area contributed by atoms with E-state index in [1.165, 1.54) is 6.42 Å². The van der Waals surface area contributed by atoms with Crippen LogP contribution in [0.2, 0.25) is 0 Å². The highest BCUT2D eigenvalue weighted by Crippen LogP contribution is 2.47. The molecule has 1 aromatic heterocycles. The molecule has 0 radical (unpaired) electrons. The van der Waals surface area contributed by atoms with Gasteiger partial charge >= 0.3 is 0 Å². The monoisotopic (exact) mass is 302 g/mol. The first kappa shape index (κ1) is 15.3. The highest BCUT2D eigenvalue weighted by Gasteiger charge is 2.46. The second-order valence-corrected chi connectivity index (χ2v) is 7.09. The van der Waals surface area contributed by atoms with Crippen molar-refractivity contribution in [3.05, 3.63) is 18.3 Å². The molecular formula is C17H26N4O. The van der Waals surface area contributed by atoms with Gasteiger partial charge in [-0.3, -0.25) is 4.79 Å². The van der Waals surface area contributed by atoms with Gasteiger partial charge in [-0.1, -0.05) is 20.3 Å². The Hall–Kier alpha value is -1.65. The molecule has 1 saturated carbocycles. The number of anilines is 1. The lowest BCUT2D eigenvalue weighted by Gasteiger charge is -2.46. The van der Waals surface area contributed by atoms with Gasteiger partial charge < -0.3 is 9.80 Å². The number of carbonyl (C=O) groups excluding carboxylic acids is 1. The first-order chi connectivity index (χ1) is 10.6. The predicted molar refractivity (Wildman–Crippen MR) is 86.6 cm³/mol. The second-order valence-electron chi connectivity index (χ2n) is 7.09. The fourth-order valence-electron chi connectivity index (χ4n) is 3.83. The van der Waals surface area contributed by atoms with Crippen LogP contribution in [0.25, 0.3) is 0 Å². The minimum Gasteiger partial charge on any atom is -0.352 e. The van der Waals surface area contributed by atoms with Crippen molar-refractivity contribution in [2.45, 2.75) is 39.5 Å². The Bertz CT molecular complexity index is 505. The molecule has 2 aliphatic rings. The number of hydrogen-bond donors (Lipinski definition) is 0. The molecule has 120 valence electrons. The lowest BCUT2D eigenvalue weighted by molar-refractivity contribution is -0.149. The van der Waals surface area contributed by atoms with Crippen molar-refractivity contribution in [1.82, 2.24) is 15.1 Å². The van der Waals surface area contributed by atoms with E-state index in [0.717, 1.165) is 51.3 Å². The van der Waals surface area contributed by atoms with Gasteiger partial charge in [0, 0.05) is 37.8 Å². The second kappa shape index (κ2) is 6.23. The first-order valence-corrected chi connectivity index (χ1v) is 8.43. The zero-order valence-electron chi connectivity index (χ0n) is 13.7. The number of nitrogens with zero attached hydrogens (tertiary/aromatic N) is 4. The molecule has 1 aromatic rings. The standard InChI is InChI=1S/C17H26N4O/c1-14(2)13-17(6-4-7-17)16(22)21-11-9-20(10-12-21)15-5-3-8-18-19-15/h3,5,8,14H,4,6-7,9-13H2,1-2H3. The van der Waals surface area contributed by atoms with Crippen molar-refractivity contribution in [3.63, 3.8) is 0 Å². The molecule has 2 heterocycles. The molecule has 0 bridgehead atoms. The van der Waals surface area contributed by atoms with Crippen LogP contribution in [0.5, 0.6) is 0 Å². The van der Waals surface area contributed by atoms with Crippen molar-refractivity contribution >= 4 is 11.7 Å². The topological polar surface area (TPSA) is 49.3 Å². The average Bonchev–Trinajstić information content (AvgIpc) is 2.51. The Morgan fingerprint density at radius 3 is 2.50 bits per heavy atom. The summed E-state index contributed by atoms with van der Waals surface area (Å²) in [4.78, 5) is 17.3. The van der Waals surface area contributed by atoms with Crippen LogP contribution < -0.4 is 4.90 Å². The molecule has 0 atom stereocenters. The van der Waals surface area contributed by atoms with E-state index in [9.17, 15) is 4.79 Å². The predicted octanol–water partition coefficient (Wildman–Crippen LogP) is 2.34. The Morgan fingerprint density at radius 2 is 2.00 bits per heavy atom. The van der Waals surface area contributed by atoms with Crippen LogP contribution in [0.3, 0.4) is 0 Å². The van der Waals surface area contributed by atoms with Crippen molar-refractivity contribution in [1.29, 1.82) is 0 Å². The molecule has 1 aliphatic heterocycles. The summed E-state index contributed by atoms with van der Waals surface area (Å²) in [5.41, 5.74) is -0.0527. The number of aromatic nitrogens is 2. The maximum absolute atomic E-state index is 13.0. The van der Waals surface area contributed by atoms with E-state index < -0.39 is 0 Å². The Kier molecular flexibility index (Phi) is 4.32. The molecule has 0 aromatic carbocycles. The lowest BCUT2D eigenvalue weighted by atomic mass is 9.63. The molecule has 22 heavy (non-hydrogen) atoms. The van der Waals surface area contributed by atoms with E-state index in [1.54, 1.807) is 6.20 Å². The molecule has 5 heteroatoms. The summed E-state index contributed by atoms with van der Waals surface area (Å²) in [7, 11) is 0. The molecular weight excluding hydrogens is 276 g/mol. The Balaban J connectivity index is 1.60. The van der Waals surface area contributed by atoms with Gasteiger partial charge in [0.15, 0.2) is 5.82 Å². The maximum Gasteiger partial charge on any atom is 0.228 e. The number of rotatable bonds is 4. The van der Waals surface area contributed by atoms with Gasteiger partial charge in [-0.15, -0.1) is 5.10 Å². The molecule has 1 saturated heterocycles. The SMILES string of the molecule is CC(C)CC1(C(=O)N2CCN(c3cccnn3)CC2)CCC1. The molecule has 2 fully saturated rings. The Morgan fingerprint density at radius 1 is 1.27 bits per heavy atom. The molecule has 3 rings (SSSR count). The quantitative estimate of drug-likeness (QED) is 0.856. The largest absolute Gasteiger partial charge is 0.352 e. The van der Waals surface area contributed by atoms with Gasteiger partial charge in [0.1, 0.15) is 0 Å². The molecule has 0 unspecified atom stereocenters. The van der Waals surface area contributed by atoms with Crippen LogP contribution in [-0.4, -0.2) is 47.2 Å². The third-order valence-electron chi connectivity index (χ3n) is 5.01. The van der Waals surface area contributed by atoms with Gasteiger partial charge in [-0.2, -0.15) is 5.10 Å². The van der Waals surface area contributed by atoms with Crippen molar-refractivity contribution in [2.75, 3.05) is 31.1 Å². The van der Waals surface area contributed by atoms with Crippen molar-refractivity contribution in [3.8, 4) is 0 Å². The van der Waals surface area contributed by atoms with Gasteiger partial charge in [0.2, 0.25) is 5.91 Å². The van der Waals surface area contributed by atoms with Crippen LogP contribution in [0, 0.1) is 11.3 Å². The van der Waals surface area contributed by atoms with Crippen LogP contribution in [0.4, 0.5) is 5.82 Å². The van der Waals surface area contributed by atoms with Crippen LogP contribution in [0.1, 0.15) is 39.5 Å². The summed E-state index contributed by atoms with van der Waals surface area (Å²) in [5.74, 6) is 1.89. The summed E-state index contributed by atoms with van der Waals surface area (Å²) in [6.45, 7) is 7.74. The summed E-state index contributed by atoms with van der Waals surface area (Å²) in [6, 6.07) is 3.89. The number of piperazine rings is 1. The number of amides is 1. The van der Waals surface area contributed by atoms with Gasteiger partial charge in [-0.05, 0) is 37.3 Å². The molecule has 1 aliphatic carbocycles. The molecule has 0 spiro atoms. The number of carbonyl (C=O) groups is 1. The number of hydrogen-bond acceptors (Lipinski definition) is 4. The summed E-state index contributed by atoms with van der Waals surface area (Å²) in [6.07, 6.45) is 6.09. The van der Waals surface area contributed by atoms with Gasteiger partial charge in [-0.25, -0.2) is 0 Å². The minimum atomic E-state index is -0.0527. The molecule has 1 amide bonds. The highest BCUT2D eigenvalue weighted by molar-refractivity contribution is 5.84. The van der Waals surface area contributed by atoms with E-state index in [-0.39, 0.29) is 5.41 Å². The van der Waals surface area contributed by atoms with Gasteiger partial charge in [0.05, 0.1) is 0 Å². The van der Waals surface area contributed by atoms with Gasteiger partial charge in [0.25, 0.3) is 0 Å². The maximum atomic E-state index is 13.0. The third-order valence-corrected chi connectivity index (χ3v) is 5.01. The average molecular weight is 302 g/mol. The fourth-order valence-corrected chi connectivity index (χ4v) is 3.83. The summed E-state index contributed by atoms with van der Waals surface area (Å²) in [5, 5.41) is 8.10. The van der Waals surface area contributed by atoms with Crippen LogP contribution in [-0.2, 0) is 4.79 Å². The normalized spacial score (nSPS) is 20.9. The zero-order valence-corrected chi connectivity index (χ0v) is 13.7. The lowest BCUT2D eigenvalue weighted by Crippen LogP contribution is -2.55. The van der Waals surface area contributed by atoms with Crippen molar-refractivity contribution < 1.29 is 4.79 Å². The van der Waals surface area contributed by atoms with E-state index in [4.69, 9.17) is 0 Å². The van der Waals surface area contributed by atoms with E-state index in [2.05, 4.69) is 33.8 Å². The summed E-state index contributed by atoms with van der Waals surface area (Å²) < 4.78 is 0. The molecule has 0 N–H and O–H groups in total. The fraction of sp³-hybridized carbons (Fsp3) is 0.706. The van der Waals surface area contributed by atoms with E-state index in [1.807, 2.05) is 12.1 Å². The third kappa shape index (κ3) is 2.94. The van der Waals surface area contributed by atoms with Crippen molar-refractivity contribution in [2.24, 2.45) is 11.3 Å². The summed E-state index contributed by atoms with van der Waals surface area (Å²) >= 11 is 0. The first-order valence-electron chi connectivity index (χ1n) is 8.43. The van der Waals surface area contributed by atoms with E-state index >= 15 is 0 Å². The Labute approximate surface area is 132 Å². The zero-order chi connectivity index (χ0) is 15.6. The smallest absolute Gasteiger partial charge is 0.228 e. The van der Waals surface area contributed by atoms with E-state index in [0.29, 0.717) is 11.8 Å². The minimum absolute atomic E-state index is 0.0527.